The first-order valence-corrected chi connectivity index (χ1v) is 5.69. The summed E-state index contributed by atoms with van der Waals surface area (Å²) in [5.74, 6) is 1.56. The van der Waals surface area contributed by atoms with E-state index >= 15 is 0 Å². The number of aryl methyl sites for hydroxylation is 1. The molecular formula is C14H16FNO2. The van der Waals surface area contributed by atoms with Crippen molar-refractivity contribution in [3.8, 4) is 12.3 Å². The van der Waals surface area contributed by atoms with Crippen molar-refractivity contribution >= 4 is 5.97 Å². The molecule has 0 saturated heterocycles. The highest BCUT2D eigenvalue weighted by Crippen LogP contribution is 2.18. The van der Waals surface area contributed by atoms with Gasteiger partial charge in [0.25, 0.3) is 0 Å². The molecule has 0 aliphatic heterocycles. The Bertz CT molecular complexity index is 465. The van der Waals surface area contributed by atoms with E-state index in [0.29, 0.717) is 11.1 Å². The summed E-state index contributed by atoms with van der Waals surface area (Å²) >= 11 is 0. The van der Waals surface area contributed by atoms with Crippen LogP contribution in [0.25, 0.3) is 0 Å². The van der Waals surface area contributed by atoms with Gasteiger partial charge in [0.15, 0.2) is 0 Å². The minimum absolute atomic E-state index is 0.207. The van der Waals surface area contributed by atoms with Crippen molar-refractivity contribution in [1.82, 2.24) is 5.32 Å². The van der Waals surface area contributed by atoms with Crippen LogP contribution in [0, 0.1) is 25.1 Å². The van der Waals surface area contributed by atoms with Gasteiger partial charge in [-0.1, -0.05) is 18.1 Å². The average Bonchev–Trinajstić information content (AvgIpc) is 2.34. The first-order chi connectivity index (χ1) is 8.60. The molecule has 0 aromatic heterocycles. The van der Waals surface area contributed by atoms with Gasteiger partial charge in [0.2, 0.25) is 0 Å². The van der Waals surface area contributed by atoms with Crippen LogP contribution in [0.3, 0.4) is 0 Å². The maximum Gasteiger partial charge on any atom is 0.327 e. The summed E-state index contributed by atoms with van der Waals surface area (Å²) in [6.45, 7) is 3.85. The number of hydrogen-bond donors (Lipinski definition) is 1. The van der Waals surface area contributed by atoms with Gasteiger partial charge in [0, 0.05) is 0 Å². The predicted molar refractivity (Wildman–Crippen MR) is 67.3 cm³/mol. The van der Waals surface area contributed by atoms with Gasteiger partial charge in [-0.15, -0.1) is 6.42 Å². The number of halogens is 1. The fourth-order valence-corrected chi connectivity index (χ4v) is 1.51. The molecule has 1 unspecified atom stereocenters. The highest BCUT2D eigenvalue weighted by atomic mass is 19.1. The molecule has 18 heavy (non-hydrogen) atoms. The van der Waals surface area contributed by atoms with E-state index in [2.05, 4.69) is 11.2 Å². The molecule has 0 bridgehead atoms. The lowest BCUT2D eigenvalue weighted by atomic mass is 10.0. The molecular weight excluding hydrogens is 233 g/mol. The summed E-state index contributed by atoms with van der Waals surface area (Å²) in [4.78, 5) is 11.8. The van der Waals surface area contributed by atoms with Gasteiger partial charge in [-0.3, -0.25) is 5.32 Å². The van der Waals surface area contributed by atoms with Gasteiger partial charge >= 0.3 is 5.97 Å². The molecule has 0 spiro atoms. The van der Waals surface area contributed by atoms with Crippen LogP contribution in [0.5, 0.6) is 0 Å². The number of rotatable bonds is 5. The number of benzene rings is 1. The van der Waals surface area contributed by atoms with Gasteiger partial charge in [0.05, 0.1) is 13.2 Å². The standard InChI is InChI=1S/C14H16FNO2/c1-4-8-16-13(14(17)18-5-2)11-7-6-10(3)12(15)9-11/h1,6-7,9,13,16H,5,8H2,2-3H3. The molecule has 0 heterocycles. The van der Waals surface area contributed by atoms with Crippen molar-refractivity contribution in [2.24, 2.45) is 0 Å². The van der Waals surface area contributed by atoms with Crippen LogP contribution in [-0.4, -0.2) is 19.1 Å². The van der Waals surface area contributed by atoms with E-state index in [-0.39, 0.29) is 19.0 Å². The van der Waals surface area contributed by atoms with E-state index in [0.717, 1.165) is 0 Å². The molecule has 0 fully saturated rings. The van der Waals surface area contributed by atoms with E-state index in [4.69, 9.17) is 11.2 Å². The van der Waals surface area contributed by atoms with E-state index < -0.39 is 12.0 Å². The number of ether oxygens (including phenoxy) is 1. The van der Waals surface area contributed by atoms with Crippen LogP contribution in [0.1, 0.15) is 24.1 Å². The second-order valence-corrected chi connectivity index (χ2v) is 3.78. The quantitative estimate of drug-likeness (QED) is 0.640. The number of hydrogen-bond acceptors (Lipinski definition) is 3. The fourth-order valence-electron chi connectivity index (χ4n) is 1.51. The van der Waals surface area contributed by atoms with E-state index in [1.54, 1.807) is 26.0 Å². The van der Waals surface area contributed by atoms with Gasteiger partial charge in [0.1, 0.15) is 11.9 Å². The Labute approximate surface area is 106 Å². The van der Waals surface area contributed by atoms with Crippen molar-refractivity contribution in [2.45, 2.75) is 19.9 Å². The third-order valence-electron chi connectivity index (χ3n) is 2.46. The molecule has 0 aliphatic rings. The Kier molecular flexibility index (Phi) is 5.34. The first-order valence-electron chi connectivity index (χ1n) is 5.69. The van der Waals surface area contributed by atoms with Crippen LogP contribution in [0.2, 0.25) is 0 Å². The SMILES string of the molecule is C#CCNC(C(=O)OCC)c1ccc(C)c(F)c1. The average molecular weight is 249 g/mol. The van der Waals surface area contributed by atoms with Gasteiger partial charge in [-0.25, -0.2) is 9.18 Å². The minimum atomic E-state index is -0.740. The van der Waals surface area contributed by atoms with Gasteiger partial charge < -0.3 is 4.74 Å². The minimum Gasteiger partial charge on any atom is -0.465 e. The summed E-state index contributed by atoms with van der Waals surface area (Å²) in [7, 11) is 0. The number of esters is 1. The molecule has 3 nitrogen and oxygen atoms in total. The lowest BCUT2D eigenvalue weighted by Gasteiger charge is -2.16. The fraction of sp³-hybridized carbons (Fsp3) is 0.357. The number of carbonyl (C=O) groups excluding carboxylic acids is 1. The van der Waals surface area contributed by atoms with Crippen LogP contribution in [-0.2, 0) is 9.53 Å². The van der Waals surface area contributed by atoms with E-state index in [1.807, 2.05) is 0 Å². The molecule has 1 rings (SSSR count). The Balaban J connectivity index is 2.97. The number of carbonyl (C=O) groups is 1. The molecule has 4 heteroatoms. The zero-order valence-electron chi connectivity index (χ0n) is 10.5. The molecule has 1 atom stereocenters. The topological polar surface area (TPSA) is 38.3 Å². The molecule has 0 aliphatic carbocycles. The highest BCUT2D eigenvalue weighted by Gasteiger charge is 2.21. The monoisotopic (exact) mass is 249 g/mol. The van der Waals surface area contributed by atoms with Crippen LogP contribution < -0.4 is 5.32 Å². The third kappa shape index (κ3) is 3.57. The molecule has 1 aromatic carbocycles. The lowest BCUT2D eigenvalue weighted by Crippen LogP contribution is -2.30. The van der Waals surface area contributed by atoms with Crippen LogP contribution in [0.4, 0.5) is 4.39 Å². The third-order valence-corrected chi connectivity index (χ3v) is 2.46. The Morgan fingerprint density at radius 2 is 2.33 bits per heavy atom. The van der Waals surface area contributed by atoms with Crippen LogP contribution >= 0.6 is 0 Å². The zero-order chi connectivity index (χ0) is 13.5. The molecule has 0 saturated carbocycles. The highest BCUT2D eigenvalue weighted by molar-refractivity contribution is 5.77. The smallest absolute Gasteiger partial charge is 0.327 e. The second-order valence-electron chi connectivity index (χ2n) is 3.78. The summed E-state index contributed by atoms with van der Waals surface area (Å²) in [6, 6.07) is 3.88. The van der Waals surface area contributed by atoms with Gasteiger partial charge in [-0.2, -0.15) is 0 Å². The molecule has 1 N–H and O–H groups in total. The van der Waals surface area contributed by atoms with Crippen molar-refractivity contribution in [1.29, 1.82) is 0 Å². The van der Waals surface area contributed by atoms with Crippen molar-refractivity contribution in [2.75, 3.05) is 13.2 Å². The molecule has 96 valence electrons. The Hall–Kier alpha value is -1.86. The maximum atomic E-state index is 13.5. The normalized spacial score (nSPS) is 11.7. The second kappa shape index (κ2) is 6.77. The Morgan fingerprint density at radius 1 is 1.61 bits per heavy atom. The molecule has 0 radical (unpaired) electrons. The summed E-state index contributed by atoms with van der Waals surface area (Å²) in [6.07, 6.45) is 5.14. The van der Waals surface area contributed by atoms with Crippen molar-refractivity contribution in [3.63, 3.8) is 0 Å². The van der Waals surface area contributed by atoms with Crippen LogP contribution in [0.15, 0.2) is 18.2 Å². The van der Waals surface area contributed by atoms with Gasteiger partial charge in [-0.05, 0) is 31.0 Å². The predicted octanol–water partition coefficient (Wildman–Crippen LogP) is 1.96. The lowest BCUT2D eigenvalue weighted by molar-refractivity contribution is -0.145. The van der Waals surface area contributed by atoms with E-state index in [9.17, 15) is 9.18 Å². The Morgan fingerprint density at radius 3 is 2.89 bits per heavy atom. The molecule has 0 amide bonds. The summed E-state index contributed by atoms with van der Waals surface area (Å²) in [5.41, 5.74) is 1.03. The zero-order valence-corrected chi connectivity index (χ0v) is 10.5. The first kappa shape index (κ1) is 14.2. The number of terminal acetylenes is 1. The molecule has 1 aromatic rings. The maximum absolute atomic E-state index is 13.5. The summed E-state index contributed by atoms with van der Waals surface area (Å²) < 4.78 is 18.4. The summed E-state index contributed by atoms with van der Waals surface area (Å²) in [5, 5.41) is 2.84. The number of nitrogens with one attached hydrogen (secondary N) is 1. The van der Waals surface area contributed by atoms with E-state index in [1.165, 1.54) is 6.07 Å². The van der Waals surface area contributed by atoms with Crippen molar-refractivity contribution in [3.05, 3.63) is 35.1 Å². The van der Waals surface area contributed by atoms with Crippen molar-refractivity contribution < 1.29 is 13.9 Å². The largest absolute Gasteiger partial charge is 0.465 e.